The minimum atomic E-state index is -3.30. The summed E-state index contributed by atoms with van der Waals surface area (Å²) in [7, 11) is -3.30. The number of anilines is 1. The predicted octanol–water partition coefficient (Wildman–Crippen LogP) is 2.58. The molecule has 2 aromatic heterocycles. The number of nitrogens with zero attached hydrogens (tertiary/aromatic N) is 1. The molecule has 0 spiro atoms. The number of aryl methyl sites for hydroxylation is 1. The number of amides is 1. The summed E-state index contributed by atoms with van der Waals surface area (Å²) < 4.78 is 28.1. The van der Waals surface area contributed by atoms with Crippen LogP contribution in [0.25, 0.3) is 0 Å². The van der Waals surface area contributed by atoms with Crippen LogP contribution in [0.15, 0.2) is 20.9 Å². The molecule has 0 unspecified atom stereocenters. The van der Waals surface area contributed by atoms with Gasteiger partial charge in [0.15, 0.2) is 15.6 Å². The largest absolute Gasteiger partial charge is 0.359 e. The summed E-state index contributed by atoms with van der Waals surface area (Å²) in [6.45, 7) is 1.77. The Morgan fingerprint density at radius 2 is 2.19 bits per heavy atom. The van der Waals surface area contributed by atoms with Crippen LogP contribution in [0.2, 0.25) is 0 Å². The molecule has 0 aliphatic heterocycles. The molecule has 0 radical (unpaired) electrons. The number of hydrogen-bond acceptors (Lipinski definition) is 6. The summed E-state index contributed by atoms with van der Waals surface area (Å²) in [5, 5.41) is 8.13. The van der Waals surface area contributed by atoms with E-state index in [-0.39, 0.29) is 10.8 Å². The number of hydrogen-bond donors (Lipinski definition) is 1. The van der Waals surface area contributed by atoms with E-state index in [0.717, 1.165) is 30.4 Å². The number of sulfone groups is 1. The second-order valence-electron chi connectivity index (χ2n) is 5.15. The van der Waals surface area contributed by atoms with Crippen molar-refractivity contribution < 1.29 is 17.7 Å². The number of carbonyl (C=O) groups is 1. The first-order valence-electron chi connectivity index (χ1n) is 6.42. The zero-order chi connectivity index (χ0) is 15.2. The molecule has 0 aromatic carbocycles. The lowest BCUT2D eigenvalue weighted by Crippen LogP contribution is -2.11. The number of aromatic nitrogens is 1. The normalized spacial score (nSPS) is 15.1. The quantitative estimate of drug-likeness (QED) is 0.932. The van der Waals surface area contributed by atoms with Crippen LogP contribution in [-0.2, 0) is 9.84 Å². The summed E-state index contributed by atoms with van der Waals surface area (Å²) in [5.41, 5.74) is 1.24. The highest BCUT2D eigenvalue weighted by Crippen LogP contribution is 2.44. The molecule has 6 nitrogen and oxygen atoms in total. The number of thiophene rings is 1. The Kier molecular flexibility index (Phi) is 3.37. The van der Waals surface area contributed by atoms with E-state index in [1.54, 1.807) is 6.92 Å². The van der Waals surface area contributed by atoms with Crippen molar-refractivity contribution >= 4 is 32.8 Å². The van der Waals surface area contributed by atoms with E-state index >= 15 is 0 Å². The lowest BCUT2D eigenvalue weighted by molar-refractivity contribution is 0.103. The summed E-state index contributed by atoms with van der Waals surface area (Å²) in [6, 6.07) is 1.38. The Bertz CT molecular complexity index is 800. The van der Waals surface area contributed by atoms with E-state index in [1.165, 1.54) is 11.4 Å². The molecule has 1 N–H and O–H groups in total. The van der Waals surface area contributed by atoms with Gasteiger partial charge in [0.05, 0.1) is 9.77 Å². The SMILES string of the molecule is Cc1noc(C2CC2)c1NC(=O)c1cc(S(C)(=O)=O)cs1. The number of nitrogens with one attached hydrogen (secondary N) is 1. The average molecular weight is 326 g/mol. The highest BCUT2D eigenvalue weighted by molar-refractivity contribution is 7.90. The van der Waals surface area contributed by atoms with Crippen LogP contribution < -0.4 is 5.32 Å². The van der Waals surface area contributed by atoms with Crippen molar-refractivity contribution in [3.63, 3.8) is 0 Å². The Morgan fingerprint density at radius 3 is 2.76 bits per heavy atom. The topological polar surface area (TPSA) is 89.3 Å². The summed E-state index contributed by atoms with van der Waals surface area (Å²) >= 11 is 1.10. The monoisotopic (exact) mass is 326 g/mol. The zero-order valence-electron chi connectivity index (χ0n) is 11.5. The number of carbonyl (C=O) groups excluding carboxylic acids is 1. The predicted molar refractivity (Wildman–Crippen MR) is 78.6 cm³/mol. The van der Waals surface area contributed by atoms with Crippen molar-refractivity contribution in [2.24, 2.45) is 0 Å². The third-order valence-electron chi connectivity index (χ3n) is 3.30. The molecule has 1 fully saturated rings. The van der Waals surface area contributed by atoms with Crippen LogP contribution in [-0.4, -0.2) is 25.7 Å². The van der Waals surface area contributed by atoms with Crippen molar-refractivity contribution in [2.45, 2.75) is 30.6 Å². The fourth-order valence-electron chi connectivity index (χ4n) is 1.97. The van der Waals surface area contributed by atoms with Gasteiger partial charge in [-0.1, -0.05) is 5.16 Å². The molecule has 1 aliphatic rings. The molecule has 2 aromatic rings. The van der Waals surface area contributed by atoms with Gasteiger partial charge in [-0.15, -0.1) is 11.3 Å². The third kappa shape index (κ3) is 2.86. The molecule has 3 rings (SSSR count). The summed E-state index contributed by atoms with van der Waals surface area (Å²) in [4.78, 5) is 12.7. The molecule has 0 atom stereocenters. The zero-order valence-corrected chi connectivity index (χ0v) is 13.2. The van der Waals surface area contributed by atoms with Gasteiger partial charge in [0, 0.05) is 17.6 Å². The van der Waals surface area contributed by atoms with E-state index < -0.39 is 9.84 Å². The second kappa shape index (κ2) is 4.96. The fraction of sp³-hybridized carbons (Fsp3) is 0.385. The molecule has 1 saturated carbocycles. The van der Waals surface area contributed by atoms with Gasteiger partial charge >= 0.3 is 0 Å². The van der Waals surface area contributed by atoms with Crippen molar-refractivity contribution in [1.82, 2.24) is 5.16 Å². The van der Waals surface area contributed by atoms with E-state index in [2.05, 4.69) is 10.5 Å². The fourth-order valence-corrected chi connectivity index (χ4v) is 3.89. The van der Waals surface area contributed by atoms with Gasteiger partial charge in [-0.05, 0) is 25.8 Å². The summed E-state index contributed by atoms with van der Waals surface area (Å²) in [5.74, 6) is 0.695. The molecule has 2 heterocycles. The maximum Gasteiger partial charge on any atom is 0.265 e. The first kappa shape index (κ1) is 14.3. The first-order valence-corrected chi connectivity index (χ1v) is 9.19. The first-order chi connectivity index (χ1) is 9.86. The van der Waals surface area contributed by atoms with Gasteiger partial charge in [-0.3, -0.25) is 4.79 Å². The summed E-state index contributed by atoms with van der Waals surface area (Å²) in [6.07, 6.45) is 3.19. The maximum absolute atomic E-state index is 12.2. The molecular formula is C13H14N2O4S2. The van der Waals surface area contributed by atoms with Gasteiger partial charge in [0.2, 0.25) is 0 Å². The number of rotatable bonds is 4. The van der Waals surface area contributed by atoms with Gasteiger partial charge in [0.25, 0.3) is 5.91 Å². The Morgan fingerprint density at radius 1 is 1.48 bits per heavy atom. The van der Waals surface area contributed by atoms with E-state index in [9.17, 15) is 13.2 Å². The standard InChI is InChI=1S/C13H14N2O4S2/c1-7-11(12(19-15-7)8-3-4-8)14-13(16)10-5-9(6-20-10)21(2,17)18/h5-6,8H,3-4H2,1-2H3,(H,14,16). The Labute approximate surface area is 126 Å². The van der Waals surface area contributed by atoms with Gasteiger partial charge in [-0.2, -0.15) is 0 Å². The van der Waals surface area contributed by atoms with E-state index in [1.807, 2.05) is 0 Å². The van der Waals surface area contributed by atoms with Crippen LogP contribution in [0.3, 0.4) is 0 Å². The average Bonchev–Trinajstić information content (AvgIpc) is 2.98. The van der Waals surface area contributed by atoms with Gasteiger partial charge < -0.3 is 9.84 Å². The van der Waals surface area contributed by atoms with Gasteiger partial charge in [-0.25, -0.2) is 8.42 Å². The lowest BCUT2D eigenvalue weighted by Gasteiger charge is -2.03. The highest BCUT2D eigenvalue weighted by Gasteiger charge is 2.32. The molecule has 0 saturated heterocycles. The van der Waals surface area contributed by atoms with E-state index in [0.29, 0.717) is 27.9 Å². The van der Waals surface area contributed by atoms with Crippen LogP contribution >= 0.6 is 11.3 Å². The van der Waals surface area contributed by atoms with Crippen LogP contribution in [0.5, 0.6) is 0 Å². The molecule has 21 heavy (non-hydrogen) atoms. The molecule has 112 valence electrons. The Balaban J connectivity index is 1.84. The van der Waals surface area contributed by atoms with Crippen molar-refractivity contribution in [1.29, 1.82) is 0 Å². The van der Waals surface area contributed by atoms with Crippen LogP contribution in [0.4, 0.5) is 5.69 Å². The minimum absolute atomic E-state index is 0.155. The molecule has 0 bridgehead atoms. The van der Waals surface area contributed by atoms with E-state index in [4.69, 9.17) is 4.52 Å². The van der Waals surface area contributed by atoms with Crippen molar-refractivity contribution in [3.8, 4) is 0 Å². The van der Waals surface area contributed by atoms with Crippen molar-refractivity contribution in [2.75, 3.05) is 11.6 Å². The lowest BCUT2D eigenvalue weighted by atomic mass is 10.2. The van der Waals surface area contributed by atoms with Crippen LogP contribution in [0, 0.1) is 6.92 Å². The minimum Gasteiger partial charge on any atom is -0.359 e. The molecule has 1 amide bonds. The van der Waals surface area contributed by atoms with Crippen LogP contribution in [0.1, 0.15) is 39.9 Å². The molecular weight excluding hydrogens is 312 g/mol. The molecule has 1 aliphatic carbocycles. The van der Waals surface area contributed by atoms with Crippen molar-refractivity contribution in [3.05, 3.63) is 27.8 Å². The maximum atomic E-state index is 12.2. The second-order valence-corrected chi connectivity index (χ2v) is 8.08. The molecule has 8 heteroatoms. The van der Waals surface area contributed by atoms with Gasteiger partial charge in [0.1, 0.15) is 11.4 Å². The third-order valence-corrected chi connectivity index (χ3v) is 5.47. The smallest absolute Gasteiger partial charge is 0.265 e. The highest BCUT2D eigenvalue weighted by atomic mass is 32.2. The Hall–Kier alpha value is -1.67.